The molecule has 0 aromatic carbocycles. The molecular formula is C12H26IN3O. The lowest BCUT2D eigenvalue weighted by Gasteiger charge is -2.26. The van der Waals surface area contributed by atoms with Gasteiger partial charge in [-0.15, -0.1) is 24.0 Å². The fourth-order valence-electron chi connectivity index (χ4n) is 1.99. The van der Waals surface area contributed by atoms with Gasteiger partial charge in [0.15, 0.2) is 5.96 Å². The normalized spacial score (nSPS) is 23.5. The maximum Gasteiger partial charge on any atom is 0.191 e. The predicted molar refractivity (Wildman–Crippen MR) is 83.2 cm³/mol. The van der Waals surface area contributed by atoms with E-state index < -0.39 is 0 Å². The molecule has 0 aromatic heterocycles. The minimum atomic E-state index is 0. The highest BCUT2D eigenvalue weighted by atomic mass is 127. The summed E-state index contributed by atoms with van der Waals surface area (Å²) < 4.78 is 5.53. The number of hydrogen-bond donors (Lipinski definition) is 2. The molecular weight excluding hydrogens is 329 g/mol. The Labute approximate surface area is 122 Å². The van der Waals surface area contributed by atoms with Gasteiger partial charge in [0.25, 0.3) is 0 Å². The van der Waals surface area contributed by atoms with Gasteiger partial charge in [-0.3, -0.25) is 4.99 Å². The summed E-state index contributed by atoms with van der Waals surface area (Å²) in [5.41, 5.74) is 0. The lowest BCUT2D eigenvalue weighted by Crippen LogP contribution is -2.37. The van der Waals surface area contributed by atoms with Crippen molar-refractivity contribution in [2.75, 3.05) is 26.2 Å². The van der Waals surface area contributed by atoms with E-state index in [4.69, 9.17) is 4.74 Å². The summed E-state index contributed by atoms with van der Waals surface area (Å²) in [7, 11) is 0. The van der Waals surface area contributed by atoms with E-state index in [1.165, 1.54) is 0 Å². The molecule has 5 heteroatoms. The highest BCUT2D eigenvalue weighted by Crippen LogP contribution is 2.19. The van der Waals surface area contributed by atoms with Gasteiger partial charge in [-0.05, 0) is 39.5 Å². The zero-order valence-electron chi connectivity index (χ0n) is 11.2. The average Bonchev–Trinajstić information content (AvgIpc) is 2.27. The van der Waals surface area contributed by atoms with Crippen molar-refractivity contribution >= 4 is 29.9 Å². The summed E-state index contributed by atoms with van der Waals surface area (Å²) in [5, 5.41) is 6.48. The number of halogens is 1. The predicted octanol–water partition coefficient (Wildman–Crippen LogP) is 1.99. The molecule has 17 heavy (non-hydrogen) atoms. The molecule has 2 N–H and O–H groups in total. The van der Waals surface area contributed by atoms with E-state index in [-0.39, 0.29) is 24.0 Å². The van der Waals surface area contributed by atoms with Gasteiger partial charge in [0, 0.05) is 26.2 Å². The van der Waals surface area contributed by atoms with Crippen LogP contribution in [-0.4, -0.2) is 38.3 Å². The van der Waals surface area contributed by atoms with Crippen molar-refractivity contribution in [3.63, 3.8) is 0 Å². The van der Waals surface area contributed by atoms with E-state index in [9.17, 15) is 0 Å². The van der Waals surface area contributed by atoms with Crippen molar-refractivity contribution in [2.24, 2.45) is 10.9 Å². The van der Waals surface area contributed by atoms with Crippen LogP contribution in [-0.2, 0) is 4.74 Å². The lowest BCUT2D eigenvalue weighted by molar-refractivity contribution is 0.00480. The van der Waals surface area contributed by atoms with Crippen LogP contribution in [0.5, 0.6) is 0 Å². The van der Waals surface area contributed by atoms with Gasteiger partial charge in [-0.1, -0.05) is 0 Å². The molecule has 0 spiro atoms. The van der Waals surface area contributed by atoms with Crippen LogP contribution in [0, 0.1) is 5.92 Å². The first-order chi connectivity index (χ1) is 7.76. The fraction of sp³-hybridized carbons (Fsp3) is 0.917. The van der Waals surface area contributed by atoms with Gasteiger partial charge in [0.2, 0.25) is 0 Å². The zero-order chi connectivity index (χ0) is 11.8. The molecule has 102 valence electrons. The van der Waals surface area contributed by atoms with Crippen LogP contribution in [0.15, 0.2) is 4.99 Å². The third-order valence-corrected chi connectivity index (χ3v) is 2.79. The minimum Gasteiger partial charge on any atom is -0.378 e. The number of hydrogen-bond acceptors (Lipinski definition) is 2. The van der Waals surface area contributed by atoms with Crippen molar-refractivity contribution in [3.8, 4) is 0 Å². The Bertz CT molecular complexity index is 216. The molecule has 2 unspecified atom stereocenters. The Morgan fingerprint density at radius 1 is 1.29 bits per heavy atom. The van der Waals surface area contributed by atoms with E-state index in [2.05, 4.69) is 36.4 Å². The molecule has 1 aliphatic rings. The summed E-state index contributed by atoms with van der Waals surface area (Å²) in [6.45, 7) is 9.94. The van der Waals surface area contributed by atoms with Gasteiger partial charge < -0.3 is 15.4 Å². The summed E-state index contributed by atoms with van der Waals surface area (Å²) >= 11 is 0. The third-order valence-electron chi connectivity index (χ3n) is 2.79. The molecule has 0 bridgehead atoms. The number of nitrogens with zero attached hydrogens (tertiary/aromatic N) is 1. The topological polar surface area (TPSA) is 45.7 Å². The third kappa shape index (κ3) is 7.08. The van der Waals surface area contributed by atoms with E-state index in [0.29, 0.717) is 12.0 Å². The monoisotopic (exact) mass is 355 g/mol. The Morgan fingerprint density at radius 3 is 2.47 bits per heavy atom. The second-order valence-corrected chi connectivity index (χ2v) is 4.32. The van der Waals surface area contributed by atoms with Crippen LogP contribution >= 0.6 is 24.0 Å². The van der Waals surface area contributed by atoms with Crippen molar-refractivity contribution in [1.82, 2.24) is 10.6 Å². The largest absolute Gasteiger partial charge is 0.378 e. The fourth-order valence-corrected chi connectivity index (χ4v) is 1.99. The van der Waals surface area contributed by atoms with Crippen LogP contribution in [0.3, 0.4) is 0 Å². The Kier molecular flexibility index (Phi) is 9.91. The molecule has 1 rings (SSSR count). The molecule has 1 aliphatic heterocycles. The SMILES string of the molecule is CCNC(=NCC1CCOC(C)C1)NCC.I. The quantitative estimate of drug-likeness (QED) is 0.461. The van der Waals surface area contributed by atoms with Gasteiger partial charge in [0.1, 0.15) is 0 Å². The summed E-state index contributed by atoms with van der Waals surface area (Å²) in [6.07, 6.45) is 2.67. The van der Waals surface area contributed by atoms with Gasteiger partial charge in [0.05, 0.1) is 6.10 Å². The molecule has 0 saturated carbocycles. The standard InChI is InChI=1S/C12H25N3O.HI/c1-4-13-12(14-5-2)15-9-11-6-7-16-10(3)8-11;/h10-11H,4-9H2,1-3H3,(H2,13,14,15);1H. The number of guanidine groups is 1. The molecule has 1 saturated heterocycles. The van der Waals surface area contributed by atoms with E-state index in [0.717, 1.165) is 45.0 Å². The maximum absolute atomic E-state index is 5.53. The number of aliphatic imine (C=N–C) groups is 1. The van der Waals surface area contributed by atoms with Crippen molar-refractivity contribution < 1.29 is 4.74 Å². The van der Waals surface area contributed by atoms with Crippen molar-refractivity contribution in [2.45, 2.75) is 39.7 Å². The first-order valence-corrected chi connectivity index (χ1v) is 6.40. The highest BCUT2D eigenvalue weighted by Gasteiger charge is 2.18. The lowest BCUT2D eigenvalue weighted by atomic mass is 9.96. The molecule has 0 aliphatic carbocycles. The summed E-state index contributed by atoms with van der Waals surface area (Å²) in [6, 6.07) is 0. The molecule has 1 fully saturated rings. The van der Waals surface area contributed by atoms with Gasteiger partial charge in [-0.2, -0.15) is 0 Å². The van der Waals surface area contributed by atoms with E-state index >= 15 is 0 Å². The molecule has 0 aromatic rings. The maximum atomic E-state index is 5.53. The molecule has 2 atom stereocenters. The smallest absolute Gasteiger partial charge is 0.191 e. The van der Waals surface area contributed by atoms with Crippen LogP contribution in [0.25, 0.3) is 0 Å². The van der Waals surface area contributed by atoms with Crippen LogP contribution in [0.4, 0.5) is 0 Å². The zero-order valence-corrected chi connectivity index (χ0v) is 13.5. The van der Waals surface area contributed by atoms with Gasteiger partial charge in [-0.25, -0.2) is 0 Å². The Hall–Kier alpha value is -0.0400. The second kappa shape index (κ2) is 9.94. The van der Waals surface area contributed by atoms with E-state index in [1.54, 1.807) is 0 Å². The van der Waals surface area contributed by atoms with E-state index in [1.807, 2.05) is 0 Å². The second-order valence-electron chi connectivity index (χ2n) is 4.32. The van der Waals surface area contributed by atoms with Crippen molar-refractivity contribution in [3.05, 3.63) is 0 Å². The average molecular weight is 355 g/mol. The Balaban J connectivity index is 0.00000256. The van der Waals surface area contributed by atoms with Crippen LogP contribution < -0.4 is 10.6 Å². The number of nitrogens with one attached hydrogen (secondary N) is 2. The first kappa shape index (κ1) is 17.0. The van der Waals surface area contributed by atoms with Crippen LogP contribution in [0.1, 0.15) is 33.6 Å². The number of ether oxygens (including phenoxy) is 1. The summed E-state index contributed by atoms with van der Waals surface area (Å²) in [5.74, 6) is 1.61. The molecule has 0 radical (unpaired) electrons. The summed E-state index contributed by atoms with van der Waals surface area (Å²) in [4.78, 5) is 4.60. The molecule has 1 heterocycles. The highest BCUT2D eigenvalue weighted by molar-refractivity contribution is 14.0. The number of rotatable bonds is 4. The van der Waals surface area contributed by atoms with Gasteiger partial charge >= 0.3 is 0 Å². The minimum absolute atomic E-state index is 0. The Morgan fingerprint density at radius 2 is 1.94 bits per heavy atom. The van der Waals surface area contributed by atoms with Crippen molar-refractivity contribution in [1.29, 1.82) is 0 Å². The first-order valence-electron chi connectivity index (χ1n) is 6.40. The molecule has 4 nitrogen and oxygen atoms in total. The molecule has 0 amide bonds. The van der Waals surface area contributed by atoms with Crippen LogP contribution in [0.2, 0.25) is 0 Å².